The number of terminal acetylenes is 1. The fraction of sp³-hybridized carbons (Fsp3) is 0.400. The van der Waals surface area contributed by atoms with Gasteiger partial charge in [0.2, 0.25) is 0 Å². The first-order valence-electron chi connectivity index (χ1n) is 13.6. The first kappa shape index (κ1) is 26.6. The van der Waals surface area contributed by atoms with Crippen LogP contribution >= 0.6 is 0 Å². The summed E-state index contributed by atoms with van der Waals surface area (Å²) in [7, 11) is 2.16. The molecule has 3 N–H and O–H groups in total. The molecular formula is C30H37N9. The van der Waals surface area contributed by atoms with E-state index < -0.39 is 0 Å². The van der Waals surface area contributed by atoms with Crippen molar-refractivity contribution in [2.75, 3.05) is 56.9 Å². The number of H-pyrrole nitrogens is 1. The van der Waals surface area contributed by atoms with Crippen LogP contribution in [0.5, 0.6) is 0 Å². The van der Waals surface area contributed by atoms with E-state index in [1.54, 1.807) is 6.20 Å². The lowest BCUT2D eigenvalue weighted by atomic mass is 10.1. The number of nitrogens with two attached hydrogens (primary N) is 1. The molecule has 2 aliphatic heterocycles. The van der Waals surface area contributed by atoms with Gasteiger partial charge in [0.1, 0.15) is 11.3 Å². The van der Waals surface area contributed by atoms with Gasteiger partial charge >= 0.3 is 0 Å². The summed E-state index contributed by atoms with van der Waals surface area (Å²) in [5, 5.41) is 0. The Balaban J connectivity index is 0.00000151. The number of hydrogen-bond acceptors (Lipinski definition) is 8. The van der Waals surface area contributed by atoms with Crippen LogP contribution in [0.3, 0.4) is 0 Å². The highest BCUT2D eigenvalue weighted by Gasteiger charge is 2.20. The Kier molecular flexibility index (Phi) is 8.35. The molecule has 6 heterocycles. The normalized spacial score (nSPS) is 16.6. The monoisotopic (exact) mass is 523 g/mol. The zero-order valence-electron chi connectivity index (χ0n) is 22.7. The zero-order valence-corrected chi connectivity index (χ0v) is 22.7. The van der Waals surface area contributed by atoms with Crippen molar-refractivity contribution in [3.05, 3.63) is 59.9 Å². The summed E-state index contributed by atoms with van der Waals surface area (Å²) in [6.07, 6.45) is 20.0. The summed E-state index contributed by atoms with van der Waals surface area (Å²) in [6, 6.07) is 6.27. The predicted molar refractivity (Wildman–Crippen MR) is 157 cm³/mol. The van der Waals surface area contributed by atoms with Crippen molar-refractivity contribution in [3.8, 4) is 24.1 Å². The largest absolute Gasteiger partial charge is 0.397 e. The Bertz CT molecular complexity index is 1410. The number of piperazine rings is 1. The summed E-state index contributed by atoms with van der Waals surface area (Å²) in [5.74, 6) is 1.83. The second-order valence-corrected chi connectivity index (χ2v) is 10.4. The molecule has 4 aromatic rings. The molecule has 0 aliphatic carbocycles. The molecule has 0 spiro atoms. The third-order valence-electron chi connectivity index (χ3n) is 7.56. The number of pyridine rings is 3. The number of nitrogens with zero attached hydrogens (tertiary/aromatic N) is 7. The van der Waals surface area contributed by atoms with Crippen LogP contribution in [0.4, 0.5) is 11.5 Å². The average molecular weight is 524 g/mol. The molecule has 9 nitrogen and oxygen atoms in total. The van der Waals surface area contributed by atoms with E-state index in [1.165, 1.54) is 24.8 Å². The number of aromatic amines is 1. The van der Waals surface area contributed by atoms with Gasteiger partial charge in [-0.1, -0.05) is 6.42 Å². The Morgan fingerprint density at radius 3 is 2.54 bits per heavy atom. The number of fused-ring (bicyclic) bond motifs is 1. The molecule has 0 atom stereocenters. The molecular weight excluding hydrogens is 486 g/mol. The third-order valence-corrected chi connectivity index (χ3v) is 7.56. The molecule has 0 amide bonds. The molecule has 6 rings (SSSR count). The molecule has 39 heavy (non-hydrogen) atoms. The highest BCUT2D eigenvalue weighted by atomic mass is 15.3. The van der Waals surface area contributed by atoms with Crippen LogP contribution in [0.1, 0.15) is 36.2 Å². The summed E-state index contributed by atoms with van der Waals surface area (Å²) in [4.78, 5) is 29.5. The molecule has 2 saturated heterocycles. The lowest BCUT2D eigenvalue weighted by molar-refractivity contribution is 0.220. The first-order chi connectivity index (χ1) is 19.1. The van der Waals surface area contributed by atoms with Gasteiger partial charge in [0.25, 0.3) is 0 Å². The van der Waals surface area contributed by atoms with E-state index in [2.05, 4.69) is 66.7 Å². The van der Waals surface area contributed by atoms with Crippen LogP contribution in [0.15, 0.2) is 43.0 Å². The first-order valence-corrected chi connectivity index (χ1v) is 13.6. The molecule has 0 unspecified atom stereocenters. The lowest BCUT2D eigenvalue weighted by Crippen LogP contribution is -2.44. The Morgan fingerprint density at radius 1 is 0.949 bits per heavy atom. The smallest absolute Gasteiger partial charge is 0.156 e. The maximum Gasteiger partial charge on any atom is 0.156 e. The topological polar surface area (TPSA) is 103 Å². The minimum atomic E-state index is 0.596. The number of anilines is 2. The van der Waals surface area contributed by atoms with Crippen molar-refractivity contribution in [3.63, 3.8) is 0 Å². The quantitative estimate of drug-likeness (QED) is 0.370. The molecule has 202 valence electrons. The number of imidazole rings is 1. The molecule has 0 radical (unpaired) electrons. The van der Waals surface area contributed by atoms with Gasteiger partial charge in [-0.25, -0.2) is 9.97 Å². The van der Waals surface area contributed by atoms with Gasteiger partial charge in [0, 0.05) is 63.3 Å². The molecule has 4 aromatic heterocycles. The highest BCUT2D eigenvalue weighted by Crippen LogP contribution is 2.27. The van der Waals surface area contributed by atoms with E-state index >= 15 is 0 Å². The number of nitrogen functional groups attached to an aromatic ring is 1. The fourth-order valence-corrected chi connectivity index (χ4v) is 5.39. The average Bonchev–Trinajstić information content (AvgIpc) is 3.39. The van der Waals surface area contributed by atoms with Gasteiger partial charge in [0.05, 0.1) is 23.1 Å². The van der Waals surface area contributed by atoms with Crippen molar-refractivity contribution in [1.29, 1.82) is 0 Å². The maximum absolute atomic E-state index is 6.37. The molecule has 0 aromatic carbocycles. The maximum atomic E-state index is 6.37. The SMILES string of the molecule is C#C.CN1CCN(c2nccc3[nH]c(Cc4cc(-c5cncc(CN6CCCCC6)c5)ncc4N)nc23)CC1. The van der Waals surface area contributed by atoms with Crippen LogP contribution in [0.25, 0.3) is 22.3 Å². The number of likely N-dealkylation sites (tertiary alicyclic amines) is 1. The summed E-state index contributed by atoms with van der Waals surface area (Å²) in [5.41, 5.74) is 13.1. The Hall–Kier alpha value is -4.00. The van der Waals surface area contributed by atoms with Crippen molar-refractivity contribution < 1.29 is 0 Å². The summed E-state index contributed by atoms with van der Waals surface area (Å²) >= 11 is 0. The Labute approximate surface area is 230 Å². The van der Waals surface area contributed by atoms with Gasteiger partial charge in [0.15, 0.2) is 5.82 Å². The van der Waals surface area contributed by atoms with Gasteiger partial charge in [-0.2, -0.15) is 0 Å². The zero-order chi connectivity index (χ0) is 27.2. The Morgan fingerprint density at radius 2 is 1.74 bits per heavy atom. The van der Waals surface area contributed by atoms with E-state index in [9.17, 15) is 0 Å². The fourth-order valence-electron chi connectivity index (χ4n) is 5.39. The summed E-state index contributed by atoms with van der Waals surface area (Å²) in [6.45, 7) is 7.23. The minimum absolute atomic E-state index is 0.596. The number of likely N-dealkylation sites (N-methyl/N-ethyl adjacent to an activating group) is 1. The second kappa shape index (κ2) is 12.2. The van der Waals surface area contributed by atoms with E-state index in [0.29, 0.717) is 12.1 Å². The number of aromatic nitrogens is 5. The minimum Gasteiger partial charge on any atom is -0.397 e. The van der Waals surface area contributed by atoms with Crippen LogP contribution in [-0.4, -0.2) is 81.0 Å². The van der Waals surface area contributed by atoms with Crippen molar-refractivity contribution in [1.82, 2.24) is 34.7 Å². The van der Waals surface area contributed by atoms with E-state index in [-0.39, 0.29) is 0 Å². The second-order valence-electron chi connectivity index (χ2n) is 10.4. The number of nitrogens with one attached hydrogen (secondary N) is 1. The van der Waals surface area contributed by atoms with Crippen molar-refractivity contribution in [2.45, 2.75) is 32.2 Å². The molecule has 0 saturated carbocycles. The lowest BCUT2D eigenvalue weighted by Gasteiger charge is -2.33. The van der Waals surface area contributed by atoms with Crippen LogP contribution in [0, 0.1) is 12.8 Å². The molecule has 2 aliphatic rings. The van der Waals surface area contributed by atoms with E-state index in [4.69, 9.17) is 10.7 Å². The van der Waals surface area contributed by atoms with Crippen molar-refractivity contribution in [2.24, 2.45) is 0 Å². The van der Waals surface area contributed by atoms with E-state index in [0.717, 1.165) is 85.3 Å². The van der Waals surface area contributed by atoms with Gasteiger partial charge in [-0.05, 0) is 62.3 Å². The van der Waals surface area contributed by atoms with Crippen LogP contribution < -0.4 is 10.6 Å². The predicted octanol–water partition coefficient (Wildman–Crippen LogP) is 3.58. The number of piperidine rings is 1. The highest BCUT2D eigenvalue weighted by molar-refractivity contribution is 5.86. The molecule has 9 heteroatoms. The van der Waals surface area contributed by atoms with Crippen LogP contribution in [-0.2, 0) is 13.0 Å². The third kappa shape index (κ3) is 6.19. The van der Waals surface area contributed by atoms with Crippen molar-refractivity contribution >= 4 is 22.5 Å². The summed E-state index contributed by atoms with van der Waals surface area (Å²) < 4.78 is 0. The van der Waals surface area contributed by atoms with Crippen LogP contribution in [0.2, 0.25) is 0 Å². The molecule has 2 fully saturated rings. The van der Waals surface area contributed by atoms with Gasteiger partial charge in [-0.3, -0.25) is 14.9 Å². The van der Waals surface area contributed by atoms with Gasteiger partial charge in [-0.15, -0.1) is 12.8 Å². The van der Waals surface area contributed by atoms with E-state index in [1.807, 2.05) is 24.7 Å². The molecule has 0 bridgehead atoms. The van der Waals surface area contributed by atoms with Gasteiger partial charge < -0.3 is 20.5 Å². The standard InChI is InChI=1S/C28H35N9.C2H2/c1-35-9-11-37(12-10-35)28-27-24(5-6-31-28)33-26(34-27)15-21-14-25(32-18-23(21)29)22-13-20(16-30-17-22)19-36-7-3-2-4-8-36;1-2/h5-6,13-14,16-18H,2-4,7-12,15,19,29H2,1H3,(H,33,34);1-2H. The number of hydrogen-bond donors (Lipinski definition) is 2. The number of rotatable bonds is 6.